The van der Waals surface area contributed by atoms with Gasteiger partial charge in [-0.25, -0.2) is 4.98 Å². The van der Waals surface area contributed by atoms with Crippen molar-refractivity contribution < 1.29 is 0 Å². The van der Waals surface area contributed by atoms with Crippen molar-refractivity contribution in [3.05, 3.63) is 35.7 Å². The lowest BCUT2D eigenvalue weighted by molar-refractivity contribution is 0.799. The summed E-state index contributed by atoms with van der Waals surface area (Å²) in [4.78, 5) is 9.54. The molecule has 0 aliphatic heterocycles. The minimum Gasteiger partial charge on any atom is -0.314 e. The second kappa shape index (κ2) is 4.30. The Morgan fingerprint density at radius 2 is 2.14 bits per heavy atom. The van der Waals surface area contributed by atoms with Gasteiger partial charge < -0.3 is 5.32 Å². The van der Waals surface area contributed by atoms with Gasteiger partial charge in [-0.3, -0.25) is 4.98 Å². The minimum atomic E-state index is 0.807. The lowest BCUT2D eigenvalue weighted by Crippen LogP contribution is -2.06. The summed E-state index contributed by atoms with van der Waals surface area (Å²) in [5.74, 6) is 0. The van der Waals surface area contributed by atoms with E-state index in [1.807, 2.05) is 24.7 Å². The average molecular weight is 205 g/mol. The highest BCUT2D eigenvalue weighted by molar-refractivity contribution is 7.13. The zero-order valence-electron chi connectivity index (χ0n) is 7.90. The van der Waals surface area contributed by atoms with Crippen molar-refractivity contribution in [2.24, 2.45) is 0 Å². The standard InChI is InChI=1S/C10H11N3S/c1-11-6-9-10(14-7-13-9)8-2-4-12-5-3-8/h2-5,7,11H,6H2,1H3. The van der Waals surface area contributed by atoms with Gasteiger partial charge in [-0.2, -0.15) is 0 Å². The van der Waals surface area contributed by atoms with Gasteiger partial charge in [0, 0.05) is 18.9 Å². The highest BCUT2D eigenvalue weighted by Gasteiger charge is 2.06. The number of thiazole rings is 1. The normalized spacial score (nSPS) is 10.4. The molecule has 2 rings (SSSR count). The highest BCUT2D eigenvalue weighted by Crippen LogP contribution is 2.26. The SMILES string of the molecule is CNCc1ncsc1-c1ccncc1. The molecule has 0 amide bonds. The molecule has 2 aromatic heterocycles. The second-order valence-electron chi connectivity index (χ2n) is 2.89. The van der Waals surface area contributed by atoms with Gasteiger partial charge in [-0.05, 0) is 24.7 Å². The summed E-state index contributed by atoms with van der Waals surface area (Å²) in [5.41, 5.74) is 4.17. The third-order valence-corrected chi connectivity index (χ3v) is 2.85. The number of aromatic nitrogens is 2. The summed E-state index contributed by atoms with van der Waals surface area (Å²) in [6.45, 7) is 0.807. The molecule has 0 fully saturated rings. The van der Waals surface area contributed by atoms with E-state index in [-0.39, 0.29) is 0 Å². The van der Waals surface area contributed by atoms with Crippen LogP contribution < -0.4 is 5.32 Å². The van der Waals surface area contributed by atoms with E-state index in [4.69, 9.17) is 0 Å². The molecule has 4 heteroatoms. The summed E-state index contributed by atoms with van der Waals surface area (Å²) < 4.78 is 0. The van der Waals surface area contributed by atoms with E-state index in [1.54, 1.807) is 23.7 Å². The maximum absolute atomic E-state index is 4.32. The topological polar surface area (TPSA) is 37.8 Å². The van der Waals surface area contributed by atoms with Gasteiger partial charge >= 0.3 is 0 Å². The molecule has 0 saturated carbocycles. The molecule has 72 valence electrons. The van der Waals surface area contributed by atoms with Crippen LogP contribution >= 0.6 is 11.3 Å². The lowest BCUT2D eigenvalue weighted by atomic mass is 10.2. The van der Waals surface area contributed by atoms with Crippen molar-refractivity contribution in [2.75, 3.05) is 7.05 Å². The van der Waals surface area contributed by atoms with Gasteiger partial charge in [0.1, 0.15) is 0 Å². The molecule has 2 aromatic rings. The molecule has 0 bridgehead atoms. The first kappa shape index (κ1) is 9.30. The van der Waals surface area contributed by atoms with E-state index in [2.05, 4.69) is 15.3 Å². The summed E-state index contributed by atoms with van der Waals surface area (Å²) in [6, 6.07) is 4.01. The summed E-state index contributed by atoms with van der Waals surface area (Å²) in [5, 5.41) is 3.11. The van der Waals surface area contributed by atoms with Gasteiger partial charge in [-0.15, -0.1) is 11.3 Å². The van der Waals surface area contributed by atoms with Crippen LogP contribution in [0.15, 0.2) is 30.0 Å². The van der Waals surface area contributed by atoms with Gasteiger partial charge in [0.2, 0.25) is 0 Å². The first-order valence-corrected chi connectivity index (χ1v) is 5.27. The van der Waals surface area contributed by atoms with Gasteiger partial charge in [-0.1, -0.05) is 0 Å². The predicted molar refractivity (Wildman–Crippen MR) is 58.1 cm³/mol. The van der Waals surface area contributed by atoms with Crippen LogP contribution in [0.5, 0.6) is 0 Å². The van der Waals surface area contributed by atoms with E-state index in [9.17, 15) is 0 Å². The number of hydrogen-bond acceptors (Lipinski definition) is 4. The third kappa shape index (κ3) is 1.81. The van der Waals surface area contributed by atoms with Crippen molar-refractivity contribution in [2.45, 2.75) is 6.54 Å². The van der Waals surface area contributed by atoms with Crippen molar-refractivity contribution in [1.82, 2.24) is 15.3 Å². The predicted octanol–water partition coefficient (Wildman–Crippen LogP) is 1.92. The van der Waals surface area contributed by atoms with Crippen molar-refractivity contribution >= 4 is 11.3 Å². The lowest BCUT2D eigenvalue weighted by Gasteiger charge is -2.00. The first-order valence-electron chi connectivity index (χ1n) is 4.39. The van der Waals surface area contributed by atoms with E-state index in [0.717, 1.165) is 12.2 Å². The molecule has 0 aliphatic carbocycles. The van der Waals surface area contributed by atoms with Crippen LogP contribution in [-0.2, 0) is 6.54 Å². The Labute approximate surface area is 86.8 Å². The number of hydrogen-bond donors (Lipinski definition) is 1. The van der Waals surface area contributed by atoms with Crippen LogP contribution in [0.25, 0.3) is 10.4 Å². The summed E-state index contributed by atoms with van der Waals surface area (Å²) >= 11 is 1.66. The van der Waals surface area contributed by atoms with Gasteiger partial charge in [0.15, 0.2) is 0 Å². The summed E-state index contributed by atoms with van der Waals surface area (Å²) in [6.07, 6.45) is 3.61. The quantitative estimate of drug-likeness (QED) is 0.832. The fourth-order valence-electron chi connectivity index (χ4n) is 1.30. The molecule has 0 aromatic carbocycles. The Kier molecular flexibility index (Phi) is 2.86. The van der Waals surface area contributed by atoms with Gasteiger partial charge in [0.05, 0.1) is 16.1 Å². The monoisotopic (exact) mass is 205 g/mol. The third-order valence-electron chi connectivity index (χ3n) is 1.93. The molecule has 0 saturated heterocycles. The molecule has 3 nitrogen and oxygen atoms in total. The smallest absolute Gasteiger partial charge is 0.0802 e. The molecule has 0 radical (unpaired) electrons. The number of nitrogens with zero attached hydrogens (tertiary/aromatic N) is 2. The molecule has 1 N–H and O–H groups in total. The molecule has 14 heavy (non-hydrogen) atoms. The average Bonchev–Trinajstić information content (AvgIpc) is 2.68. The van der Waals surface area contributed by atoms with E-state index >= 15 is 0 Å². The van der Waals surface area contributed by atoms with Gasteiger partial charge in [0.25, 0.3) is 0 Å². The van der Waals surface area contributed by atoms with E-state index < -0.39 is 0 Å². The zero-order valence-corrected chi connectivity index (χ0v) is 8.71. The highest BCUT2D eigenvalue weighted by atomic mass is 32.1. The number of rotatable bonds is 3. The van der Waals surface area contributed by atoms with Crippen LogP contribution in [0.3, 0.4) is 0 Å². The maximum Gasteiger partial charge on any atom is 0.0802 e. The fraction of sp³-hybridized carbons (Fsp3) is 0.200. The second-order valence-corrected chi connectivity index (χ2v) is 3.75. The molecule has 2 heterocycles. The fourth-order valence-corrected chi connectivity index (χ4v) is 2.12. The van der Waals surface area contributed by atoms with E-state index in [1.165, 1.54) is 10.4 Å². The summed E-state index contributed by atoms with van der Waals surface area (Å²) in [7, 11) is 1.93. The first-order chi connectivity index (χ1) is 6.92. The maximum atomic E-state index is 4.32. The van der Waals surface area contributed by atoms with Crippen LogP contribution in [0.4, 0.5) is 0 Å². The number of nitrogens with one attached hydrogen (secondary N) is 1. The van der Waals surface area contributed by atoms with Crippen molar-refractivity contribution in [3.63, 3.8) is 0 Å². The molecule has 0 spiro atoms. The molecular formula is C10H11N3S. The minimum absolute atomic E-state index is 0.807. The molecule has 0 aliphatic rings. The zero-order chi connectivity index (χ0) is 9.80. The van der Waals surface area contributed by atoms with Crippen molar-refractivity contribution in [3.8, 4) is 10.4 Å². The Morgan fingerprint density at radius 3 is 2.86 bits per heavy atom. The van der Waals surface area contributed by atoms with Crippen molar-refractivity contribution in [1.29, 1.82) is 0 Å². The number of pyridine rings is 1. The molecular weight excluding hydrogens is 194 g/mol. The largest absolute Gasteiger partial charge is 0.314 e. The Balaban J connectivity index is 2.37. The van der Waals surface area contributed by atoms with Crippen LogP contribution in [0.2, 0.25) is 0 Å². The molecule has 0 unspecified atom stereocenters. The van der Waals surface area contributed by atoms with Crippen LogP contribution in [0.1, 0.15) is 5.69 Å². The Bertz CT molecular complexity index is 397. The Morgan fingerprint density at radius 1 is 1.36 bits per heavy atom. The molecule has 0 atom stereocenters. The van der Waals surface area contributed by atoms with Crippen LogP contribution in [0, 0.1) is 0 Å². The van der Waals surface area contributed by atoms with E-state index in [0.29, 0.717) is 0 Å². The van der Waals surface area contributed by atoms with Crippen LogP contribution in [-0.4, -0.2) is 17.0 Å². The Hall–Kier alpha value is -1.26.